The third-order valence-electron chi connectivity index (χ3n) is 4.15. The van der Waals surface area contributed by atoms with Crippen molar-refractivity contribution in [3.63, 3.8) is 0 Å². The molecule has 1 heteroatoms. The maximum Gasteiger partial charge on any atom is 0.0858 e. The molecule has 14 heavy (non-hydrogen) atoms. The lowest BCUT2D eigenvalue weighted by atomic mass is 9.82. The molecule has 1 saturated carbocycles. The summed E-state index contributed by atoms with van der Waals surface area (Å²) >= 11 is 0. The Morgan fingerprint density at radius 2 is 2.07 bits per heavy atom. The van der Waals surface area contributed by atoms with E-state index in [0.29, 0.717) is 17.6 Å². The van der Waals surface area contributed by atoms with E-state index in [9.17, 15) is 0 Å². The van der Waals surface area contributed by atoms with Gasteiger partial charge in [-0.2, -0.15) is 0 Å². The first-order valence-corrected chi connectivity index (χ1v) is 5.75. The average molecular weight is 190 g/mol. The zero-order chi connectivity index (χ0) is 9.76. The molecule has 76 valence electrons. The van der Waals surface area contributed by atoms with E-state index in [2.05, 4.69) is 26.0 Å². The summed E-state index contributed by atoms with van der Waals surface area (Å²) in [5.74, 6) is 0.591. The fraction of sp³-hybridized carbons (Fsp3) is 0.692. The molecule has 1 heterocycles. The molecule has 3 aliphatic rings. The van der Waals surface area contributed by atoms with Gasteiger partial charge in [0.1, 0.15) is 0 Å². The highest BCUT2D eigenvalue weighted by molar-refractivity contribution is 5.31. The molecule has 1 nitrogen and oxygen atoms in total. The minimum atomic E-state index is 0.313. The van der Waals surface area contributed by atoms with Crippen LogP contribution in [0.5, 0.6) is 0 Å². The summed E-state index contributed by atoms with van der Waals surface area (Å²) in [6.07, 6.45) is 10.1. The largest absolute Gasteiger partial charge is 0.367 e. The van der Waals surface area contributed by atoms with E-state index in [1.165, 1.54) is 36.8 Å². The Balaban J connectivity index is 1.88. The Bertz CT molecular complexity index is 320. The highest BCUT2D eigenvalue weighted by atomic mass is 16.5. The molecule has 2 fully saturated rings. The molecule has 0 N–H and O–H groups in total. The van der Waals surface area contributed by atoms with Gasteiger partial charge in [0.25, 0.3) is 0 Å². The summed E-state index contributed by atoms with van der Waals surface area (Å²) in [6, 6.07) is 0. The minimum absolute atomic E-state index is 0.313. The lowest BCUT2D eigenvalue weighted by Gasteiger charge is -2.38. The van der Waals surface area contributed by atoms with E-state index >= 15 is 0 Å². The summed E-state index contributed by atoms with van der Waals surface area (Å²) in [5.41, 5.74) is 3.31. The highest BCUT2D eigenvalue weighted by Crippen LogP contribution is 2.51. The maximum absolute atomic E-state index is 6.26. The summed E-state index contributed by atoms with van der Waals surface area (Å²) in [5, 5.41) is 0. The predicted octanol–water partition coefficient (Wildman–Crippen LogP) is 3.22. The molecule has 0 amide bonds. The summed E-state index contributed by atoms with van der Waals surface area (Å²) in [7, 11) is 0. The molecule has 0 bridgehead atoms. The molecule has 0 aromatic heterocycles. The van der Waals surface area contributed by atoms with Crippen molar-refractivity contribution >= 4 is 0 Å². The topological polar surface area (TPSA) is 9.23 Å². The van der Waals surface area contributed by atoms with Crippen molar-refractivity contribution < 1.29 is 4.74 Å². The van der Waals surface area contributed by atoms with Gasteiger partial charge in [0.2, 0.25) is 0 Å². The van der Waals surface area contributed by atoms with Crippen LogP contribution >= 0.6 is 0 Å². The fourth-order valence-electron chi connectivity index (χ4n) is 2.66. The van der Waals surface area contributed by atoms with Gasteiger partial charge in [-0.05, 0) is 38.2 Å². The second-order valence-corrected chi connectivity index (χ2v) is 5.16. The third kappa shape index (κ3) is 1.18. The summed E-state index contributed by atoms with van der Waals surface area (Å²) < 4.78 is 6.26. The molecule has 3 rings (SSSR count). The molecule has 1 spiro atoms. The number of fused-ring (bicyclic) bond motifs is 1. The quantitative estimate of drug-likeness (QED) is 0.570. The molecule has 2 atom stereocenters. The van der Waals surface area contributed by atoms with E-state index in [-0.39, 0.29) is 0 Å². The molecule has 0 aromatic carbocycles. The summed E-state index contributed by atoms with van der Waals surface area (Å²) in [4.78, 5) is 0. The zero-order valence-corrected chi connectivity index (χ0v) is 9.05. The molecule has 2 aliphatic carbocycles. The van der Waals surface area contributed by atoms with Gasteiger partial charge >= 0.3 is 0 Å². The van der Waals surface area contributed by atoms with Gasteiger partial charge in [0.05, 0.1) is 11.7 Å². The van der Waals surface area contributed by atoms with E-state index in [1.807, 2.05) is 0 Å². The van der Waals surface area contributed by atoms with Crippen LogP contribution in [0.25, 0.3) is 0 Å². The average Bonchev–Trinajstić information content (AvgIpc) is 2.93. The van der Waals surface area contributed by atoms with Crippen LogP contribution in [0.3, 0.4) is 0 Å². The number of hydrogen-bond donors (Lipinski definition) is 0. The highest BCUT2D eigenvalue weighted by Gasteiger charge is 2.50. The van der Waals surface area contributed by atoms with Gasteiger partial charge < -0.3 is 4.74 Å². The van der Waals surface area contributed by atoms with Crippen molar-refractivity contribution in [2.45, 2.75) is 51.2 Å². The number of allylic oxidation sites excluding steroid dienone is 2. The van der Waals surface area contributed by atoms with E-state index in [4.69, 9.17) is 4.74 Å². The lowest BCUT2D eigenvalue weighted by Crippen LogP contribution is -2.37. The van der Waals surface area contributed by atoms with E-state index < -0.39 is 0 Å². The summed E-state index contributed by atoms with van der Waals surface area (Å²) in [6.45, 7) is 4.51. The van der Waals surface area contributed by atoms with Gasteiger partial charge in [0, 0.05) is 5.92 Å². The van der Waals surface area contributed by atoms with Crippen LogP contribution in [0.1, 0.15) is 39.5 Å². The molecule has 0 radical (unpaired) electrons. The number of rotatable bonds is 0. The van der Waals surface area contributed by atoms with Crippen molar-refractivity contribution in [1.82, 2.24) is 0 Å². The van der Waals surface area contributed by atoms with Gasteiger partial charge in [-0.1, -0.05) is 24.6 Å². The molecular weight excluding hydrogens is 172 g/mol. The Hall–Kier alpha value is -0.560. The van der Waals surface area contributed by atoms with Crippen molar-refractivity contribution in [1.29, 1.82) is 0 Å². The van der Waals surface area contributed by atoms with Crippen molar-refractivity contribution in [2.75, 3.05) is 0 Å². The molecular formula is C13H18O. The van der Waals surface area contributed by atoms with Crippen LogP contribution in [0.15, 0.2) is 23.3 Å². The van der Waals surface area contributed by atoms with Crippen LogP contribution in [0.4, 0.5) is 0 Å². The Kier molecular flexibility index (Phi) is 1.70. The normalized spacial score (nSPS) is 38.7. The number of hydrogen-bond acceptors (Lipinski definition) is 1. The zero-order valence-electron chi connectivity index (χ0n) is 9.05. The van der Waals surface area contributed by atoms with Gasteiger partial charge in [-0.15, -0.1) is 0 Å². The van der Waals surface area contributed by atoms with Crippen LogP contribution in [-0.4, -0.2) is 11.7 Å². The lowest BCUT2D eigenvalue weighted by molar-refractivity contribution is -0.0552. The Labute approximate surface area is 85.8 Å². The second kappa shape index (κ2) is 2.73. The van der Waals surface area contributed by atoms with Crippen molar-refractivity contribution in [3.05, 3.63) is 23.3 Å². The molecule has 0 aromatic rings. The SMILES string of the molecule is CC1=CC=C2CCC3(CC3)OC2C1C. The van der Waals surface area contributed by atoms with E-state index in [0.717, 1.165) is 0 Å². The van der Waals surface area contributed by atoms with Crippen LogP contribution < -0.4 is 0 Å². The first-order valence-electron chi connectivity index (χ1n) is 5.75. The van der Waals surface area contributed by atoms with Gasteiger partial charge in [-0.3, -0.25) is 0 Å². The predicted molar refractivity (Wildman–Crippen MR) is 57.1 cm³/mol. The molecule has 1 saturated heterocycles. The fourth-order valence-corrected chi connectivity index (χ4v) is 2.66. The molecule has 2 unspecified atom stereocenters. The van der Waals surface area contributed by atoms with Crippen LogP contribution in [-0.2, 0) is 4.74 Å². The van der Waals surface area contributed by atoms with E-state index in [1.54, 1.807) is 0 Å². The second-order valence-electron chi connectivity index (χ2n) is 5.16. The van der Waals surface area contributed by atoms with Crippen LogP contribution in [0.2, 0.25) is 0 Å². The first kappa shape index (κ1) is 8.72. The van der Waals surface area contributed by atoms with Crippen molar-refractivity contribution in [3.8, 4) is 0 Å². The monoisotopic (exact) mass is 190 g/mol. The minimum Gasteiger partial charge on any atom is -0.367 e. The van der Waals surface area contributed by atoms with Crippen molar-refractivity contribution in [2.24, 2.45) is 5.92 Å². The Morgan fingerprint density at radius 3 is 2.79 bits per heavy atom. The van der Waals surface area contributed by atoms with Crippen LogP contribution in [0, 0.1) is 5.92 Å². The standard InChI is InChI=1S/C13H18O/c1-9-3-4-11-5-6-13(7-8-13)14-12(11)10(9)2/h3-4,10,12H,5-8H2,1-2H3. The molecule has 1 aliphatic heterocycles. The van der Waals surface area contributed by atoms with Gasteiger partial charge in [0.15, 0.2) is 0 Å². The third-order valence-corrected chi connectivity index (χ3v) is 4.15. The smallest absolute Gasteiger partial charge is 0.0858 e. The Morgan fingerprint density at radius 1 is 1.29 bits per heavy atom. The van der Waals surface area contributed by atoms with Gasteiger partial charge in [-0.25, -0.2) is 0 Å². The number of ether oxygens (including phenoxy) is 1. The maximum atomic E-state index is 6.26. The first-order chi connectivity index (χ1) is 6.70.